The Morgan fingerprint density at radius 3 is 2.68 bits per heavy atom. The fourth-order valence-electron chi connectivity index (χ4n) is 1.52. The van der Waals surface area contributed by atoms with E-state index in [2.05, 4.69) is 22.6 Å². The monoisotopic (exact) mass is 372 g/mol. The molecule has 0 aliphatic heterocycles. The Hall–Kier alpha value is -1.50. The molecule has 0 aliphatic carbocycles. The van der Waals surface area contributed by atoms with Crippen LogP contribution in [0.4, 0.5) is 0 Å². The predicted molar refractivity (Wildman–Crippen MR) is 78.2 cm³/mol. The Morgan fingerprint density at radius 1 is 1.26 bits per heavy atom. The second-order valence-electron chi connectivity index (χ2n) is 3.74. The minimum atomic E-state index is -0.464. The quantitative estimate of drug-likeness (QED) is 0.594. The lowest BCUT2D eigenvalue weighted by molar-refractivity contribution is 0.0486. The third kappa shape index (κ3) is 3.73. The Balaban J connectivity index is 2.02. The van der Waals surface area contributed by atoms with Crippen LogP contribution in [0.2, 0.25) is 0 Å². The molecule has 0 atom stereocenters. The number of hydrogen-bond acceptors (Lipinski definition) is 4. The number of carbonyl (C=O) groups is 1. The average Bonchev–Trinajstić information content (AvgIpc) is 2.87. The lowest BCUT2D eigenvalue weighted by Gasteiger charge is -2.06. The average molecular weight is 372 g/mol. The highest BCUT2D eigenvalue weighted by Gasteiger charge is 2.16. The molecule has 100 valence electrons. The molecule has 2 aromatic rings. The first-order valence-electron chi connectivity index (χ1n) is 5.82. The van der Waals surface area contributed by atoms with Crippen LogP contribution >= 0.6 is 22.6 Å². The van der Waals surface area contributed by atoms with Crippen LogP contribution in [0.15, 0.2) is 41.0 Å². The maximum atomic E-state index is 11.6. The third-order valence-electron chi connectivity index (χ3n) is 2.42. The van der Waals surface area contributed by atoms with Crippen molar-refractivity contribution in [1.29, 1.82) is 0 Å². The molecule has 0 radical (unpaired) electrons. The zero-order chi connectivity index (χ0) is 13.7. The zero-order valence-corrected chi connectivity index (χ0v) is 12.5. The molecular formula is C14H13IO4. The smallest absolute Gasteiger partial charge is 0.374 e. The molecule has 4 nitrogen and oxygen atoms in total. The van der Waals surface area contributed by atoms with Gasteiger partial charge < -0.3 is 13.9 Å². The van der Waals surface area contributed by atoms with Crippen molar-refractivity contribution in [3.63, 3.8) is 0 Å². The van der Waals surface area contributed by atoms with E-state index in [0.717, 1.165) is 9.32 Å². The molecule has 0 unspecified atom stereocenters. The number of benzene rings is 1. The highest BCUT2D eigenvalue weighted by atomic mass is 127. The molecule has 0 saturated heterocycles. The van der Waals surface area contributed by atoms with Crippen molar-refractivity contribution in [1.82, 2.24) is 0 Å². The summed E-state index contributed by atoms with van der Waals surface area (Å²) in [4.78, 5) is 11.6. The second-order valence-corrected chi connectivity index (χ2v) is 4.98. The topological polar surface area (TPSA) is 48.7 Å². The highest BCUT2D eigenvalue weighted by molar-refractivity contribution is 14.1. The van der Waals surface area contributed by atoms with E-state index >= 15 is 0 Å². The third-order valence-corrected chi connectivity index (χ3v) is 3.13. The summed E-state index contributed by atoms with van der Waals surface area (Å²) >= 11 is 2.23. The number of hydrogen-bond donors (Lipinski definition) is 0. The molecule has 1 heterocycles. The molecule has 0 spiro atoms. The summed E-state index contributed by atoms with van der Waals surface area (Å²) in [6, 6.07) is 9.38. The lowest BCUT2D eigenvalue weighted by Crippen LogP contribution is -2.07. The van der Waals surface area contributed by atoms with Crippen LogP contribution in [0.3, 0.4) is 0 Å². The van der Waals surface area contributed by atoms with Crippen molar-refractivity contribution < 1.29 is 18.7 Å². The normalized spacial score (nSPS) is 10.2. The van der Waals surface area contributed by atoms with Crippen LogP contribution in [-0.4, -0.2) is 12.6 Å². The first kappa shape index (κ1) is 13.9. The molecule has 19 heavy (non-hydrogen) atoms. The van der Waals surface area contributed by atoms with E-state index in [1.807, 2.05) is 24.3 Å². The van der Waals surface area contributed by atoms with Gasteiger partial charge in [-0.05, 0) is 59.8 Å². The maximum absolute atomic E-state index is 11.6. The van der Waals surface area contributed by atoms with Gasteiger partial charge in [0.25, 0.3) is 0 Å². The zero-order valence-electron chi connectivity index (χ0n) is 10.4. The van der Waals surface area contributed by atoms with Gasteiger partial charge in [0.2, 0.25) is 5.76 Å². The van der Waals surface area contributed by atoms with E-state index in [4.69, 9.17) is 13.9 Å². The fraction of sp³-hybridized carbons (Fsp3) is 0.214. The number of rotatable bonds is 5. The van der Waals surface area contributed by atoms with E-state index in [1.54, 1.807) is 13.0 Å². The molecular weight excluding hydrogens is 359 g/mol. The van der Waals surface area contributed by atoms with Crippen molar-refractivity contribution in [2.45, 2.75) is 13.5 Å². The van der Waals surface area contributed by atoms with E-state index < -0.39 is 5.97 Å². The Kier molecular flexibility index (Phi) is 4.84. The lowest BCUT2D eigenvalue weighted by atomic mass is 10.2. The van der Waals surface area contributed by atoms with Crippen molar-refractivity contribution in [3.8, 4) is 5.75 Å². The number of halogens is 1. The highest BCUT2D eigenvalue weighted by Crippen LogP contribution is 2.18. The molecule has 0 amide bonds. The first-order chi connectivity index (χ1) is 9.20. The Morgan fingerprint density at radius 2 is 2.00 bits per heavy atom. The summed E-state index contributed by atoms with van der Waals surface area (Å²) < 4.78 is 16.8. The maximum Gasteiger partial charge on any atom is 0.374 e. The van der Waals surface area contributed by atoms with Gasteiger partial charge in [-0.25, -0.2) is 4.79 Å². The van der Waals surface area contributed by atoms with E-state index in [9.17, 15) is 4.79 Å². The van der Waals surface area contributed by atoms with Gasteiger partial charge >= 0.3 is 5.97 Å². The van der Waals surface area contributed by atoms with Crippen molar-refractivity contribution >= 4 is 28.6 Å². The molecule has 1 aromatic carbocycles. The Labute approximate surface area is 124 Å². The Bertz CT molecular complexity index is 545. The van der Waals surface area contributed by atoms with Crippen molar-refractivity contribution in [3.05, 3.63) is 51.5 Å². The van der Waals surface area contributed by atoms with Crippen molar-refractivity contribution in [2.75, 3.05) is 6.61 Å². The van der Waals surface area contributed by atoms with Gasteiger partial charge in [-0.1, -0.05) is 0 Å². The number of esters is 1. The van der Waals surface area contributed by atoms with Crippen LogP contribution in [0.5, 0.6) is 5.75 Å². The summed E-state index contributed by atoms with van der Waals surface area (Å²) in [5, 5.41) is 0. The van der Waals surface area contributed by atoms with E-state index in [0.29, 0.717) is 12.2 Å². The van der Waals surface area contributed by atoms with Gasteiger partial charge in [0.15, 0.2) is 0 Å². The van der Waals surface area contributed by atoms with Gasteiger partial charge in [-0.2, -0.15) is 0 Å². The van der Waals surface area contributed by atoms with Crippen LogP contribution < -0.4 is 4.74 Å². The summed E-state index contributed by atoms with van der Waals surface area (Å²) in [6.45, 7) is 2.34. The van der Waals surface area contributed by atoms with Crippen molar-refractivity contribution in [2.24, 2.45) is 0 Å². The predicted octanol–water partition coefficient (Wildman–Crippen LogP) is 3.64. The van der Waals surface area contributed by atoms with Gasteiger partial charge in [0.1, 0.15) is 12.4 Å². The van der Waals surface area contributed by atoms with Crippen LogP contribution in [0.1, 0.15) is 23.0 Å². The molecule has 0 fully saturated rings. The SMILES string of the molecule is CCOC(=O)c1occc1COc1ccc(I)cc1. The largest absolute Gasteiger partial charge is 0.489 e. The summed E-state index contributed by atoms with van der Waals surface area (Å²) in [5.41, 5.74) is 0.678. The molecule has 0 saturated carbocycles. The molecule has 0 aliphatic rings. The minimum Gasteiger partial charge on any atom is -0.489 e. The fourth-order valence-corrected chi connectivity index (χ4v) is 1.88. The number of carbonyl (C=O) groups excluding carboxylic acids is 1. The first-order valence-corrected chi connectivity index (χ1v) is 6.90. The van der Waals surface area contributed by atoms with Gasteiger partial charge in [0, 0.05) is 9.13 Å². The van der Waals surface area contributed by atoms with Crippen LogP contribution in [0, 0.1) is 3.57 Å². The van der Waals surface area contributed by atoms with Crippen LogP contribution in [0.25, 0.3) is 0 Å². The molecule has 0 N–H and O–H groups in total. The second kappa shape index (κ2) is 6.60. The molecule has 0 bridgehead atoms. The molecule has 5 heteroatoms. The summed E-state index contributed by atoms with van der Waals surface area (Å²) in [6.07, 6.45) is 1.46. The van der Waals surface area contributed by atoms with E-state index in [-0.39, 0.29) is 12.4 Å². The molecule has 2 rings (SSSR count). The standard InChI is InChI=1S/C14H13IO4/c1-2-17-14(16)13-10(7-8-18-13)9-19-12-5-3-11(15)4-6-12/h3-8H,2,9H2,1H3. The molecule has 1 aromatic heterocycles. The van der Waals surface area contributed by atoms with E-state index in [1.165, 1.54) is 6.26 Å². The summed E-state index contributed by atoms with van der Waals surface area (Å²) in [7, 11) is 0. The summed E-state index contributed by atoms with van der Waals surface area (Å²) in [5.74, 6) is 0.484. The minimum absolute atomic E-state index is 0.201. The number of ether oxygens (including phenoxy) is 2. The van der Waals surface area contributed by atoms with Crippen LogP contribution in [-0.2, 0) is 11.3 Å². The van der Waals surface area contributed by atoms with Gasteiger partial charge in [0.05, 0.1) is 12.9 Å². The number of furan rings is 1. The van der Waals surface area contributed by atoms with Gasteiger partial charge in [-0.3, -0.25) is 0 Å². The van der Waals surface area contributed by atoms with Gasteiger partial charge in [-0.15, -0.1) is 0 Å².